The van der Waals surface area contributed by atoms with E-state index in [4.69, 9.17) is 0 Å². The van der Waals surface area contributed by atoms with Crippen molar-refractivity contribution < 1.29 is 4.79 Å². The summed E-state index contributed by atoms with van der Waals surface area (Å²) in [6.45, 7) is 5.07. The van der Waals surface area contributed by atoms with Gasteiger partial charge in [0.05, 0.1) is 6.04 Å². The van der Waals surface area contributed by atoms with Gasteiger partial charge in [-0.2, -0.15) is 0 Å². The van der Waals surface area contributed by atoms with Crippen molar-refractivity contribution in [1.82, 2.24) is 15.1 Å². The van der Waals surface area contributed by atoms with Crippen LogP contribution in [-0.4, -0.2) is 55.5 Å². The Morgan fingerprint density at radius 3 is 2.48 bits per heavy atom. The maximum Gasteiger partial charge on any atom is 0.251 e. The second kappa shape index (κ2) is 8.78. The summed E-state index contributed by atoms with van der Waals surface area (Å²) in [4.78, 5) is 17.5. The highest BCUT2D eigenvalue weighted by atomic mass is 127. The molecular formula is C20H24IN3O. The Morgan fingerprint density at radius 1 is 1.08 bits per heavy atom. The lowest BCUT2D eigenvalue weighted by Gasteiger charge is -2.35. The third-order valence-electron chi connectivity index (χ3n) is 4.63. The van der Waals surface area contributed by atoms with Crippen LogP contribution in [0.4, 0.5) is 0 Å². The number of hydrogen-bond donors (Lipinski definition) is 1. The van der Waals surface area contributed by atoms with Gasteiger partial charge in [0.2, 0.25) is 0 Å². The highest BCUT2D eigenvalue weighted by Gasteiger charge is 2.21. The number of benzene rings is 2. The van der Waals surface area contributed by atoms with Gasteiger partial charge in [-0.3, -0.25) is 9.69 Å². The SMILES string of the molecule is CN1CCN(CC(NC(=O)c2cccc(I)c2)c2ccccc2)CC1. The Labute approximate surface area is 163 Å². The molecule has 0 bridgehead atoms. The zero-order valence-electron chi connectivity index (χ0n) is 14.5. The van der Waals surface area contributed by atoms with Crippen LogP contribution in [0, 0.1) is 3.57 Å². The quantitative estimate of drug-likeness (QED) is 0.714. The van der Waals surface area contributed by atoms with Crippen molar-refractivity contribution in [2.24, 2.45) is 0 Å². The molecule has 1 fully saturated rings. The third kappa shape index (κ3) is 5.26. The van der Waals surface area contributed by atoms with Gasteiger partial charge in [0.25, 0.3) is 5.91 Å². The van der Waals surface area contributed by atoms with Crippen LogP contribution in [0.25, 0.3) is 0 Å². The number of carbonyl (C=O) groups excluding carboxylic acids is 1. The summed E-state index contributed by atoms with van der Waals surface area (Å²) >= 11 is 2.24. The molecular weight excluding hydrogens is 425 g/mol. The van der Waals surface area contributed by atoms with Crippen molar-refractivity contribution in [3.8, 4) is 0 Å². The van der Waals surface area contributed by atoms with Crippen LogP contribution < -0.4 is 5.32 Å². The topological polar surface area (TPSA) is 35.6 Å². The van der Waals surface area contributed by atoms with Gasteiger partial charge in [-0.05, 0) is 53.4 Å². The molecule has 1 atom stereocenters. The first kappa shape index (κ1) is 18.4. The molecule has 1 saturated heterocycles. The van der Waals surface area contributed by atoms with Gasteiger partial charge in [-0.15, -0.1) is 0 Å². The number of hydrogen-bond acceptors (Lipinski definition) is 3. The van der Waals surface area contributed by atoms with Crippen molar-refractivity contribution in [1.29, 1.82) is 0 Å². The van der Waals surface area contributed by atoms with E-state index < -0.39 is 0 Å². The predicted molar refractivity (Wildman–Crippen MR) is 110 cm³/mol. The number of rotatable bonds is 5. The minimum absolute atomic E-state index is 0.00465. The summed E-state index contributed by atoms with van der Waals surface area (Å²) in [5.74, 6) is -0.0125. The van der Waals surface area contributed by atoms with Crippen LogP contribution in [0.15, 0.2) is 54.6 Å². The normalized spacial score (nSPS) is 17.2. The smallest absolute Gasteiger partial charge is 0.251 e. The molecule has 0 aliphatic carbocycles. The molecule has 1 unspecified atom stereocenters. The zero-order chi connectivity index (χ0) is 17.6. The largest absolute Gasteiger partial charge is 0.344 e. The lowest BCUT2D eigenvalue weighted by molar-refractivity contribution is 0.0907. The molecule has 0 spiro atoms. The van der Waals surface area contributed by atoms with Crippen LogP contribution in [0.1, 0.15) is 22.0 Å². The molecule has 0 aromatic heterocycles. The molecule has 25 heavy (non-hydrogen) atoms. The summed E-state index contributed by atoms with van der Waals surface area (Å²) in [5, 5.41) is 3.24. The van der Waals surface area contributed by atoms with Crippen molar-refractivity contribution in [2.45, 2.75) is 6.04 Å². The summed E-state index contributed by atoms with van der Waals surface area (Å²) < 4.78 is 1.07. The Hall–Kier alpha value is -1.44. The van der Waals surface area contributed by atoms with E-state index in [9.17, 15) is 4.79 Å². The molecule has 2 aromatic rings. The zero-order valence-corrected chi connectivity index (χ0v) is 16.6. The van der Waals surface area contributed by atoms with E-state index >= 15 is 0 Å². The van der Waals surface area contributed by atoms with Crippen molar-refractivity contribution >= 4 is 28.5 Å². The van der Waals surface area contributed by atoms with Gasteiger partial charge in [0.1, 0.15) is 0 Å². The molecule has 1 amide bonds. The molecule has 132 valence electrons. The average molecular weight is 449 g/mol. The first-order valence-corrected chi connectivity index (χ1v) is 9.72. The first-order chi connectivity index (χ1) is 12.1. The Balaban J connectivity index is 1.73. The highest BCUT2D eigenvalue weighted by molar-refractivity contribution is 14.1. The van der Waals surface area contributed by atoms with E-state index in [0.29, 0.717) is 5.56 Å². The van der Waals surface area contributed by atoms with Crippen LogP contribution in [0.5, 0.6) is 0 Å². The summed E-state index contributed by atoms with van der Waals surface area (Å²) in [6.07, 6.45) is 0. The van der Waals surface area contributed by atoms with E-state index in [-0.39, 0.29) is 11.9 Å². The van der Waals surface area contributed by atoms with Gasteiger partial charge in [-0.1, -0.05) is 36.4 Å². The molecule has 2 aromatic carbocycles. The molecule has 0 radical (unpaired) electrons. The molecule has 1 aliphatic heterocycles. The molecule has 1 N–H and O–H groups in total. The van der Waals surface area contributed by atoms with Gasteiger partial charge in [0, 0.05) is 41.9 Å². The number of amides is 1. The Morgan fingerprint density at radius 2 is 1.80 bits per heavy atom. The number of nitrogens with one attached hydrogen (secondary N) is 1. The molecule has 0 saturated carbocycles. The van der Waals surface area contributed by atoms with E-state index in [1.54, 1.807) is 0 Å². The van der Waals surface area contributed by atoms with E-state index in [2.05, 4.69) is 56.9 Å². The van der Waals surface area contributed by atoms with Gasteiger partial charge in [0.15, 0.2) is 0 Å². The number of nitrogens with zero attached hydrogens (tertiary/aromatic N) is 2. The lowest BCUT2D eigenvalue weighted by Crippen LogP contribution is -2.47. The minimum atomic E-state index is -0.0125. The van der Waals surface area contributed by atoms with Crippen LogP contribution in [-0.2, 0) is 0 Å². The number of halogens is 1. The summed E-state index contributed by atoms with van der Waals surface area (Å²) in [5.41, 5.74) is 1.87. The van der Waals surface area contributed by atoms with Gasteiger partial charge < -0.3 is 10.2 Å². The monoisotopic (exact) mass is 449 g/mol. The summed E-state index contributed by atoms with van der Waals surface area (Å²) in [6, 6.07) is 18.0. The van der Waals surface area contributed by atoms with Crippen LogP contribution >= 0.6 is 22.6 Å². The van der Waals surface area contributed by atoms with Gasteiger partial charge >= 0.3 is 0 Å². The first-order valence-electron chi connectivity index (χ1n) is 8.64. The second-order valence-corrected chi connectivity index (χ2v) is 7.80. The molecule has 1 heterocycles. The predicted octanol–water partition coefficient (Wildman–Crippen LogP) is 3.01. The Bertz CT molecular complexity index is 699. The fourth-order valence-corrected chi connectivity index (χ4v) is 3.62. The maximum absolute atomic E-state index is 12.7. The average Bonchev–Trinajstić information content (AvgIpc) is 2.63. The Kier molecular flexibility index (Phi) is 6.45. The molecule has 4 nitrogen and oxygen atoms in total. The third-order valence-corrected chi connectivity index (χ3v) is 5.30. The fraction of sp³-hybridized carbons (Fsp3) is 0.350. The minimum Gasteiger partial charge on any atom is -0.344 e. The highest BCUT2D eigenvalue weighted by Crippen LogP contribution is 2.17. The number of piperazine rings is 1. The van der Waals surface area contributed by atoms with Crippen molar-refractivity contribution in [2.75, 3.05) is 39.8 Å². The van der Waals surface area contributed by atoms with Crippen LogP contribution in [0.3, 0.4) is 0 Å². The summed E-state index contributed by atoms with van der Waals surface area (Å²) in [7, 11) is 2.16. The fourth-order valence-electron chi connectivity index (χ4n) is 3.08. The molecule has 5 heteroatoms. The number of likely N-dealkylation sites (N-methyl/N-ethyl adjacent to an activating group) is 1. The van der Waals surface area contributed by atoms with Crippen molar-refractivity contribution in [3.63, 3.8) is 0 Å². The van der Waals surface area contributed by atoms with E-state index in [0.717, 1.165) is 41.9 Å². The second-order valence-electron chi connectivity index (χ2n) is 6.55. The van der Waals surface area contributed by atoms with E-state index in [1.165, 1.54) is 0 Å². The molecule has 3 rings (SSSR count). The number of carbonyl (C=O) groups is 1. The standard InChI is InChI=1S/C20H24IN3O/c1-23-10-12-24(13-11-23)15-19(16-6-3-2-4-7-16)22-20(25)17-8-5-9-18(21)14-17/h2-9,14,19H,10-13,15H2,1H3,(H,22,25). The van der Waals surface area contributed by atoms with Gasteiger partial charge in [-0.25, -0.2) is 0 Å². The molecule has 1 aliphatic rings. The van der Waals surface area contributed by atoms with Crippen LogP contribution in [0.2, 0.25) is 0 Å². The van der Waals surface area contributed by atoms with E-state index in [1.807, 2.05) is 42.5 Å². The van der Waals surface area contributed by atoms with Crippen molar-refractivity contribution in [3.05, 3.63) is 69.3 Å². The lowest BCUT2D eigenvalue weighted by atomic mass is 10.0. The maximum atomic E-state index is 12.7.